The average Bonchev–Trinajstić information content (AvgIpc) is 2.84. The normalized spacial score (nSPS) is 22.5. The molecule has 0 spiro atoms. The molecule has 0 unspecified atom stereocenters. The standard InChI is InChI=1S/C14H22N2OS/c17-10-14(5-6-14)9-15-7-12-8-16-13(18-12)11-3-1-2-4-11/h8,11,15,17H,1-7,9-10H2. The van der Waals surface area contributed by atoms with Crippen LogP contribution in [0, 0.1) is 5.41 Å². The second kappa shape index (κ2) is 5.27. The molecule has 2 aliphatic carbocycles. The zero-order chi connectivity index (χ0) is 12.4. The van der Waals surface area contributed by atoms with Crippen molar-refractivity contribution < 1.29 is 5.11 Å². The maximum Gasteiger partial charge on any atom is 0.0959 e. The molecule has 4 heteroatoms. The average molecular weight is 266 g/mol. The molecule has 0 aliphatic heterocycles. The summed E-state index contributed by atoms with van der Waals surface area (Å²) >= 11 is 1.87. The lowest BCUT2D eigenvalue weighted by atomic mass is 10.1. The summed E-state index contributed by atoms with van der Waals surface area (Å²) in [6.45, 7) is 2.18. The molecule has 0 radical (unpaired) electrons. The number of thiazole rings is 1. The summed E-state index contributed by atoms with van der Waals surface area (Å²) < 4.78 is 0. The molecule has 3 nitrogen and oxygen atoms in total. The SMILES string of the molecule is OCC1(CNCc2cnc(C3CCCC3)s2)CC1. The smallest absolute Gasteiger partial charge is 0.0959 e. The third-order valence-corrected chi connectivity index (χ3v) is 5.53. The largest absolute Gasteiger partial charge is 0.396 e. The van der Waals surface area contributed by atoms with Crippen molar-refractivity contribution in [1.82, 2.24) is 10.3 Å². The van der Waals surface area contributed by atoms with E-state index in [9.17, 15) is 5.11 Å². The summed E-state index contributed by atoms with van der Waals surface area (Å²) in [6, 6.07) is 0. The Balaban J connectivity index is 1.48. The Morgan fingerprint density at radius 1 is 1.39 bits per heavy atom. The first-order valence-electron chi connectivity index (χ1n) is 7.08. The quantitative estimate of drug-likeness (QED) is 0.832. The van der Waals surface area contributed by atoms with Crippen molar-refractivity contribution in [1.29, 1.82) is 0 Å². The lowest BCUT2D eigenvalue weighted by molar-refractivity contribution is 0.207. The fourth-order valence-electron chi connectivity index (χ4n) is 2.78. The molecule has 2 N–H and O–H groups in total. The van der Waals surface area contributed by atoms with Crippen LogP contribution in [0.25, 0.3) is 0 Å². The van der Waals surface area contributed by atoms with E-state index in [0.717, 1.165) is 19.0 Å². The number of rotatable bonds is 6. The van der Waals surface area contributed by atoms with E-state index in [2.05, 4.69) is 10.3 Å². The van der Waals surface area contributed by atoms with Gasteiger partial charge in [-0.05, 0) is 25.7 Å². The highest BCUT2D eigenvalue weighted by molar-refractivity contribution is 7.11. The first-order chi connectivity index (χ1) is 8.81. The minimum Gasteiger partial charge on any atom is -0.396 e. The van der Waals surface area contributed by atoms with E-state index in [1.807, 2.05) is 17.5 Å². The number of nitrogens with one attached hydrogen (secondary N) is 1. The van der Waals surface area contributed by atoms with E-state index in [-0.39, 0.29) is 5.41 Å². The molecule has 0 aromatic carbocycles. The summed E-state index contributed by atoms with van der Waals surface area (Å²) in [4.78, 5) is 5.92. The number of hydrogen-bond donors (Lipinski definition) is 2. The topological polar surface area (TPSA) is 45.1 Å². The van der Waals surface area contributed by atoms with Crippen LogP contribution in [0.4, 0.5) is 0 Å². The highest BCUT2D eigenvalue weighted by Gasteiger charge is 2.41. The molecular weight excluding hydrogens is 244 g/mol. The van der Waals surface area contributed by atoms with Gasteiger partial charge in [-0.3, -0.25) is 0 Å². The van der Waals surface area contributed by atoms with Crippen molar-refractivity contribution in [3.63, 3.8) is 0 Å². The Labute approximate surface area is 113 Å². The Hall–Kier alpha value is -0.450. The molecule has 0 atom stereocenters. The molecule has 2 fully saturated rings. The van der Waals surface area contributed by atoms with Crippen LogP contribution in [0.2, 0.25) is 0 Å². The van der Waals surface area contributed by atoms with Crippen molar-refractivity contribution in [3.05, 3.63) is 16.1 Å². The number of aliphatic hydroxyl groups excluding tert-OH is 1. The molecule has 3 rings (SSSR count). The monoisotopic (exact) mass is 266 g/mol. The van der Waals surface area contributed by atoms with Crippen molar-refractivity contribution in [2.75, 3.05) is 13.2 Å². The minimum absolute atomic E-state index is 0.207. The van der Waals surface area contributed by atoms with Gasteiger partial charge in [0.2, 0.25) is 0 Å². The number of hydrogen-bond acceptors (Lipinski definition) is 4. The lowest BCUT2D eigenvalue weighted by Gasteiger charge is -2.11. The van der Waals surface area contributed by atoms with Gasteiger partial charge in [0.05, 0.1) is 5.01 Å². The van der Waals surface area contributed by atoms with Gasteiger partial charge in [-0.25, -0.2) is 4.98 Å². The van der Waals surface area contributed by atoms with Gasteiger partial charge >= 0.3 is 0 Å². The Morgan fingerprint density at radius 2 is 2.17 bits per heavy atom. The first-order valence-corrected chi connectivity index (χ1v) is 7.89. The van der Waals surface area contributed by atoms with E-state index in [1.165, 1.54) is 48.4 Å². The summed E-state index contributed by atoms with van der Waals surface area (Å²) in [7, 11) is 0. The van der Waals surface area contributed by atoms with Gasteiger partial charge in [-0.2, -0.15) is 0 Å². The van der Waals surface area contributed by atoms with Crippen molar-refractivity contribution in [2.45, 2.75) is 51.0 Å². The lowest BCUT2D eigenvalue weighted by Crippen LogP contribution is -2.25. The summed E-state index contributed by atoms with van der Waals surface area (Å²) in [5, 5.41) is 14.1. The van der Waals surface area contributed by atoms with Gasteiger partial charge in [0.15, 0.2) is 0 Å². The Morgan fingerprint density at radius 3 is 2.83 bits per heavy atom. The highest BCUT2D eigenvalue weighted by Crippen LogP contribution is 2.44. The van der Waals surface area contributed by atoms with Crippen LogP contribution in [-0.4, -0.2) is 23.2 Å². The zero-order valence-electron chi connectivity index (χ0n) is 10.8. The fraction of sp³-hybridized carbons (Fsp3) is 0.786. The van der Waals surface area contributed by atoms with Crippen LogP contribution in [0.1, 0.15) is 54.3 Å². The van der Waals surface area contributed by atoms with Crippen LogP contribution >= 0.6 is 11.3 Å². The first kappa shape index (κ1) is 12.6. The molecular formula is C14H22N2OS. The van der Waals surface area contributed by atoms with Gasteiger partial charge in [-0.15, -0.1) is 11.3 Å². The molecule has 0 bridgehead atoms. The third-order valence-electron chi connectivity index (χ3n) is 4.37. The van der Waals surface area contributed by atoms with Crippen molar-refractivity contribution in [2.24, 2.45) is 5.41 Å². The molecule has 2 saturated carbocycles. The number of nitrogens with zero attached hydrogens (tertiary/aromatic N) is 1. The van der Waals surface area contributed by atoms with Gasteiger partial charge < -0.3 is 10.4 Å². The van der Waals surface area contributed by atoms with E-state index in [1.54, 1.807) is 0 Å². The fourth-order valence-corrected chi connectivity index (χ4v) is 3.84. The van der Waals surface area contributed by atoms with Crippen LogP contribution in [0.5, 0.6) is 0 Å². The molecule has 100 valence electrons. The second-order valence-electron chi connectivity index (χ2n) is 5.91. The summed E-state index contributed by atoms with van der Waals surface area (Å²) in [5.41, 5.74) is 0.207. The highest BCUT2D eigenvalue weighted by atomic mass is 32.1. The minimum atomic E-state index is 0.207. The molecule has 0 saturated heterocycles. The van der Waals surface area contributed by atoms with Gasteiger partial charge in [0.1, 0.15) is 0 Å². The molecule has 1 aromatic rings. The molecule has 0 amide bonds. The van der Waals surface area contributed by atoms with E-state index < -0.39 is 0 Å². The molecule has 2 aliphatic rings. The molecule has 1 heterocycles. The van der Waals surface area contributed by atoms with Gasteiger partial charge in [-0.1, -0.05) is 12.8 Å². The number of aliphatic hydroxyl groups is 1. The van der Waals surface area contributed by atoms with Crippen LogP contribution < -0.4 is 5.32 Å². The zero-order valence-corrected chi connectivity index (χ0v) is 11.6. The summed E-state index contributed by atoms with van der Waals surface area (Å²) in [5.74, 6) is 0.732. The summed E-state index contributed by atoms with van der Waals surface area (Å²) in [6.07, 6.45) is 9.78. The van der Waals surface area contributed by atoms with E-state index >= 15 is 0 Å². The van der Waals surface area contributed by atoms with Crippen LogP contribution in [0.3, 0.4) is 0 Å². The van der Waals surface area contributed by atoms with Crippen LogP contribution in [-0.2, 0) is 6.54 Å². The van der Waals surface area contributed by atoms with Gasteiger partial charge in [0.25, 0.3) is 0 Å². The predicted molar refractivity (Wildman–Crippen MR) is 73.8 cm³/mol. The van der Waals surface area contributed by atoms with Gasteiger partial charge in [0, 0.05) is 42.1 Å². The van der Waals surface area contributed by atoms with Crippen molar-refractivity contribution in [3.8, 4) is 0 Å². The van der Waals surface area contributed by atoms with E-state index in [4.69, 9.17) is 0 Å². The van der Waals surface area contributed by atoms with Crippen molar-refractivity contribution >= 4 is 11.3 Å². The maximum absolute atomic E-state index is 9.25. The van der Waals surface area contributed by atoms with Crippen LogP contribution in [0.15, 0.2) is 6.20 Å². The third kappa shape index (κ3) is 2.76. The van der Waals surface area contributed by atoms with E-state index in [0.29, 0.717) is 6.61 Å². The Kier molecular flexibility index (Phi) is 3.68. The number of aromatic nitrogens is 1. The maximum atomic E-state index is 9.25. The second-order valence-corrected chi connectivity index (χ2v) is 7.05. The molecule has 1 aromatic heterocycles. The Bertz CT molecular complexity index is 394. The molecule has 18 heavy (non-hydrogen) atoms. The predicted octanol–water partition coefficient (Wildman–Crippen LogP) is 2.66.